The third-order valence-electron chi connectivity index (χ3n) is 10.2. The van der Waals surface area contributed by atoms with Crippen molar-refractivity contribution in [2.24, 2.45) is 5.92 Å². The maximum Gasteiger partial charge on any atom is 0.246 e. The Kier molecular flexibility index (Phi) is 9.00. The molecule has 0 bridgehead atoms. The Labute approximate surface area is 253 Å². The van der Waals surface area contributed by atoms with Crippen LogP contribution in [0.25, 0.3) is 0 Å². The van der Waals surface area contributed by atoms with Crippen LogP contribution < -0.4 is 10.6 Å². The average molecular weight is 599 g/mol. The van der Waals surface area contributed by atoms with E-state index in [1.807, 2.05) is 11.0 Å². The highest BCUT2D eigenvalue weighted by atomic mass is 35.5. The predicted molar refractivity (Wildman–Crippen MR) is 163 cm³/mol. The summed E-state index contributed by atoms with van der Waals surface area (Å²) in [6.45, 7) is 7.58. The molecule has 4 fully saturated rings. The predicted octanol–water partition coefficient (Wildman–Crippen LogP) is 3.56. The second-order valence-corrected chi connectivity index (χ2v) is 14.5. The molecule has 3 saturated heterocycles. The number of thioether (sulfide) groups is 1. The van der Waals surface area contributed by atoms with E-state index in [4.69, 9.17) is 16.3 Å². The number of hydrogen-bond donors (Lipinski definition) is 2. The zero-order valence-corrected chi connectivity index (χ0v) is 25.6. The number of hydrogen-bond acceptors (Lipinski definition) is 8. The number of halogens is 1. The number of rotatable bonds is 6. The lowest BCUT2D eigenvalue weighted by molar-refractivity contribution is -0.135. The summed E-state index contributed by atoms with van der Waals surface area (Å²) in [4.78, 5) is 19.3. The van der Waals surface area contributed by atoms with Gasteiger partial charge in [-0.2, -0.15) is 5.26 Å². The first-order valence-corrected chi connectivity index (χ1v) is 16.5. The van der Waals surface area contributed by atoms with Crippen LogP contribution in [0.4, 0.5) is 0 Å². The number of fused-ring (bicyclic) bond motifs is 2. The highest BCUT2D eigenvalue weighted by Gasteiger charge is 2.50. The van der Waals surface area contributed by atoms with Gasteiger partial charge in [0, 0.05) is 53.2 Å². The molecule has 4 heterocycles. The quantitative estimate of drug-likeness (QED) is 0.481. The summed E-state index contributed by atoms with van der Waals surface area (Å²) in [7, 11) is 2.19. The van der Waals surface area contributed by atoms with Crippen molar-refractivity contribution >= 4 is 29.3 Å². The number of nitrogens with zero attached hydrogens (tertiary/aromatic N) is 4. The fourth-order valence-corrected chi connectivity index (χ4v) is 9.62. The van der Waals surface area contributed by atoms with Gasteiger partial charge in [0.1, 0.15) is 0 Å². The molecule has 1 aromatic rings. The lowest BCUT2D eigenvalue weighted by Gasteiger charge is -2.56. The topological polar surface area (TPSA) is 83.9 Å². The molecule has 5 aliphatic rings. The molecule has 2 N–H and O–H groups in total. The summed E-state index contributed by atoms with van der Waals surface area (Å²) in [6, 6.07) is 9.36. The lowest BCUT2D eigenvalue weighted by atomic mass is 9.72. The van der Waals surface area contributed by atoms with Crippen LogP contribution in [0.3, 0.4) is 0 Å². The minimum absolute atomic E-state index is 0.0848. The highest BCUT2D eigenvalue weighted by Crippen LogP contribution is 2.50. The van der Waals surface area contributed by atoms with Crippen LogP contribution >= 0.6 is 23.4 Å². The van der Waals surface area contributed by atoms with Gasteiger partial charge in [-0.15, -0.1) is 11.8 Å². The van der Waals surface area contributed by atoms with Gasteiger partial charge in [0.2, 0.25) is 5.91 Å². The molecule has 4 aliphatic heterocycles. The fraction of sp³-hybridized carbons (Fsp3) is 0.677. The van der Waals surface area contributed by atoms with Crippen molar-refractivity contribution in [2.75, 3.05) is 39.8 Å². The van der Waals surface area contributed by atoms with E-state index >= 15 is 0 Å². The van der Waals surface area contributed by atoms with Crippen LogP contribution in [0.1, 0.15) is 49.7 Å². The van der Waals surface area contributed by atoms with E-state index < -0.39 is 0 Å². The summed E-state index contributed by atoms with van der Waals surface area (Å²) < 4.78 is 6.78. The van der Waals surface area contributed by atoms with Crippen molar-refractivity contribution < 1.29 is 9.53 Å². The molecular formula is C31H43ClN6O2S. The SMILES string of the molecule is C=CC(=O)N1CCN(C2NC(OCC3CCCN3C)NC3C[C@]4(CCC32)Cc2ccc(Cl)cc2CS4)CC1CC#N. The van der Waals surface area contributed by atoms with Crippen molar-refractivity contribution in [2.45, 2.75) is 86.1 Å². The molecular weight excluding hydrogens is 556 g/mol. The van der Waals surface area contributed by atoms with E-state index in [1.165, 1.54) is 36.5 Å². The van der Waals surface area contributed by atoms with Crippen LogP contribution in [0, 0.1) is 17.2 Å². The normalized spacial score (nSPS) is 36.0. The summed E-state index contributed by atoms with van der Waals surface area (Å²) in [5.41, 5.74) is 2.82. The molecule has 222 valence electrons. The zero-order valence-electron chi connectivity index (χ0n) is 24.1. The molecule has 1 aromatic carbocycles. The van der Waals surface area contributed by atoms with Crippen molar-refractivity contribution in [3.63, 3.8) is 0 Å². The van der Waals surface area contributed by atoms with Crippen LogP contribution in [-0.4, -0.2) is 95.8 Å². The third-order valence-corrected chi connectivity index (χ3v) is 12.0. The second kappa shape index (κ2) is 12.5. The molecule has 6 unspecified atom stereocenters. The molecule has 41 heavy (non-hydrogen) atoms. The van der Waals surface area contributed by atoms with Crippen molar-refractivity contribution in [3.8, 4) is 6.07 Å². The number of amides is 1. The fourth-order valence-electron chi connectivity index (χ4n) is 7.88. The van der Waals surface area contributed by atoms with Crippen molar-refractivity contribution in [1.29, 1.82) is 5.26 Å². The second-order valence-electron chi connectivity index (χ2n) is 12.6. The first-order valence-electron chi connectivity index (χ1n) is 15.2. The van der Waals surface area contributed by atoms with Gasteiger partial charge in [0.25, 0.3) is 0 Å². The van der Waals surface area contributed by atoms with Gasteiger partial charge >= 0.3 is 0 Å². The van der Waals surface area contributed by atoms with Gasteiger partial charge in [0.05, 0.1) is 31.3 Å². The first-order chi connectivity index (χ1) is 19.9. The Bertz CT molecular complexity index is 1180. The summed E-state index contributed by atoms with van der Waals surface area (Å²) in [5.74, 6) is 1.35. The summed E-state index contributed by atoms with van der Waals surface area (Å²) in [5, 5.41) is 18.1. The number of carbonyl (C=O) groups excluding carboxylic acids is 1. The highest BCUT2D eigenvalue weighted by molar-refractivity contribution is 8.00. The third kappa shape index (κ3) is 6.21. The smallest absolute Gasteiger partial charge is 0.246 e. The number of likely N-dealkylation sites (tertiary alicyclic amines) is 1. The van der Waals surface area contributed by atoms with E-state index in [1.54, 1.807) is 0 Å². The molecule has 8 nitrogen and oxygen atoms in total. The van der Waals surface area contributed by atoms with Crippen LogP contribution in [0.2, 0.25) is 5.02 Å². The minimum Gasteiger partial charge on any atom is -0.348 e. The Morgan fingerprint density at radius 1 is 1.27 bits per heavy atom. The number of carbonyl (C=O) groups is 1. The number of nitrogens with one attached hydrogen (secondary N) is 2. The molecule has 7 atom stereocenters. The average Bonchev–Trinajstić information content (AvgIpc) is 3.39. The largest absolute Gasteiger partial charge is 0.348 e. The first kappa shape index (κ1) is 29.4. The summed E-state index contributed by atoms with van der Waals surface area (Å²) >= 11 is 8.42. The monoisotopic (exact) mass is 598 g/mol. The van der Waals surface area contributed by atoms with Gasteiger partial charge in [-0.1, -0.05) is 24.2 Å². The number of ether oxygens (including phenoxy) is 1. The van der Waals surface area contributed by atoms with E-state index in [9.17, 15) is 10.1 Å². The van der Waals surface area contributed by atoms with Gasteiger partial charge in [-0.05, 0) is 81.5 Å². The number of nitriles is 1. The standard InChI is InChI=1S/C31H43ClN6O2S/c1-3-28(39)38-14-13-37(18-24(38)9-11-33)29-26-8-10-31(16-21-6-7-23(32)15-22(21)20-41-31)17-27(26)34-30(35-29)40-19-25-5-4-12-36(25)2/h3,6-7,15,24-27,29-30,34-35H,1,4-5,8-10,12-14,16-20H2,2H3/t24?,25?,26?,27?,29?,30?,31-/m0/s1. The minimum atomic E-state index is -0.229. The summed E-state index contributed by atoms with van der Waals surface area (Å²) in [6.07, 6.45) is 8.48. The Hall–Kier alpha value is -1.64. The van der Waals surface area contributed by atoms with Crippen molar-refractivity contribution in [3.05, 3.63) is 47.0 Å². The maximum atomic E-state index is 12.6. The van der Waals surface area contributed by atoms with Crippen LogP contribution in [0.15, 0.2) is 30.9 Å². The molecule has 0 radical (unpaired) electrons. The molecule has 0 aromatic heterocycles. The Balaban J connectivity index is 1.20. The molecule has 6 rings (SSSR count). The van der Waals surface area contributed by atoms with Gasteiger partial charge < -0.3 is 14.5 Å². The van der Waals surface area contributed by atoms with E-state index in [0.29, 0.717) is 44.1 Å². The molecule has 1 spiro atoms. The van der Waals surface area contributed by atoms with Crippen molar-refractivity contribution in [1.82, 2.24) is 25.3 Å². The molecule has 1 amide bonds. The Morgan fingerprint density at radius 2 is 2.15 bits per heavy atom. The number of piperazine rings is 1. The van der Waals surface area contributed by atoms with E-state index in [0.717, 1.165) is 43.1 Å². The van der Waals surface area contributed by atoms with Gasteiger partial charge in [-0.25, -0.2) is 0 Å². The Morgan fingerprint density at radius 3 is 2.93 bits per heavy atom. The maximum absolute atomic E-state index is 12.6. The van der Waals surface area contributed by atoms with E-state index in [2.05, 4.69) is 64.0 Å². The van der Waals surface area contributed by atoms with Crippen LogP contribution in [0.5, 0.6) is 0 Å². The molecule has 1 saturated carbocycles. The van der Waals surface area contributed by atoms with E-state index in [-0.39, 0.29) is 29.2 Å². The number of benzene rings is 1. The molecule has 1 aliphatic carbocycles. The van der Waals surface area contributed by atoms with Crippen LogP contribution in [-0.2, 0) is 21.7 Å². The zero-order chi connectivity index (χ0) is 28.6. The lowest BCUT2D eigenvalue weighted by Crippen LogP contribution is -2.73. The van der Waals surface area contributed by atoms with Gasteiger partial charge in [0.15, 0.2) is 6.35 Å². The van der Waals surface area contributed by atoms with Gasteiger partial charge in [-0.3, -0.25) is 20.3 Å². The molecule has 10 heteroatoms. The number of likely N-dealkylation sites (N-methyl/N-ethyl adjacent to an activating group) is 1.